The van der Waals surface area contributed by atoms with Gasteiger partial charge in [-0.25, -0.2) is 4.79 Å². The number of carbonyl (C=O) groups is 2. The number of amides is 1. The number of esters is 1. The van der Waals surface area contributed by atoms with Gasteiger partial charge in [0.1, 0.15) is 4.88 Å². The summed E-state index contributed by atoms with van der Waals surface area (Å²) in [5.41, 5.74) is 2.05. The SMILES string of the molecule is CCC(C)NC(=O)COC(=O)c1cc(-c2ccccc2)c(N2CCOCC2)s1. The number of nitrogens with one attached hydrogen (secondary N) is 1. The Morgan fingerprint density at radius 2 is 1.96 bits per heavy atom. The van der Waals surface area contributed by atoms with Gasteiger partial charge in [-0.2, -0.15) is 0 Å². The van der Waals surface area contributed by atoms with E-state index in [4.69, 9.17) is 9.47 Å². The van der Waals surface area contributed by atoms with E-state index in [0.29, 0.717) is 18.1 Å². The lowest BCUT2D eigenvalue weighted by molar-refractivity contribution is -0.124. The zero-order valence-corrected chi connectivity index (χ0v) is 17.1. The number of morpholine rings is 1. The zero-order chi connectivity index (χ0) is 19.9. The molecule has 1 fully saturated rings. The Bertz CT molecular complexity index is 800. The van der Waals surface area contributed by atoms with E-state index in [-0.39, 0.29) is 18.6 Å². The van der Waals surface area contributed by atoms with Crippen LogP contribution in [0.5, 0.6) is 0 Å². The molecule has 7 heteroatoms. The van der Waals surface area contributed by atoms with Crippen molar-refractivity contribution in [3.8, 4) is 11.1 Å². The molecule has 1 aromatic heterocycles. The minimum atomic E-state index is -0.471. The molecule has 0 aliphatic carbocycles. The number of nitrogens with zero attached hydrogens (tertiary/aromatic N) is 1. The minimum Gasteiger partial charge on any atom is -0.451 e. The fourth-order valence-corrected chi connectivity index (χ4v) is 4.05. The van der Waals surface area contributed by atoms with Crippen molar-refractivity contribution in [2.45, 2.75) is 26.3 Å². The van der Waals surface area contributed by atoms with Crippen molar-refractivity contribution in [1.82, 2.24) is 5.32 Å². The van der Waals surface area contributed by atoms with Crippen molar-refractivity contribution in [2.24, 2.45) is 0 Å². The summed E-state index contributed by atoms with van der Waals surface area (Å²) in [4.78, 5) is 27.2. The molecule has 0 radical (unpaired) electrons. The van der Waals surface area contributed by atoms with Gasteiger partial charge < -0.3 is 19.7 Å². The maximum atomic E-state index is 12.5. The fraction of sp³-hybridized carbons (Fsp3) is 0.429. The number of hydrogen-bond acceptors (Lipinski definition) is 6. The molecular weight excluding hydrogens is 376 g/mol. The predicted octanol–water partition coefficient (Wildman–Crippen LogP) is 3.32. The monoisotopic (exact) mass is 402 g/mol. The van der Waals surface area contributed by atoms with Crippen LogP contribution in [0.4, 0.5) is 5.00 Å². The quantitative estimate of drug-likeness (QED) is 0.720. The van der Waals surface area contributed by atoms with E-state index in [1.807, 2.05) is 50.2 Å². The van der Waals surface area contributed by atoms with E-state index in [1.54, 1.807) is 0 Å². The van der Waals surface area contributed by atoms with Gasteiger partial charge in [-0.05, 0) is 25.0 Å². The van der Waals surface area contributed by atoms with Crippen molar-refractivity contribution in [2.75, 3.05) is 37.8 Å². The van der Waals surface area contributed by atoms with Crippen LogP contribution in [0.25, 0.3) is 11.1 Å². The lowest BCUT2D eigenvalue weighted by atomic mass is 10.1. The number of carbonyl (C=O) groups excluding carboxylic acids is 2. The first-order valence-corrected chi connectivity index (χ1v) is 10.4. The van der Waals surface area contributed by atoms with Crippen LogP contribution < -0.4 is 10.2 Å². The van der Waals surface area contributed by atoms with E-state index in [0.717, 1.165) is 35.6 Å². The van der Waals surface area contributed by atoms with E-state index in [9.17, 15) is 9.59 Å². The lowest BCUT2D eigenvalue weighted by Crippen LogP contribution is -2.35. The number of anilines is 1. The highest BCUT2D eigenvalue weighted by molar-refractivity contribution is 7.18. The normalized spacial score (nSPS) is 15.1. The van der Waals surface area contributed by atoms with Gasteiger partial charge in [0.2, 0.25) is 0 Å². The highest BCUT2D eigenvalue weighted by Crippen LogP contribution is 2.39. The Balaban J connectivity index is 1.76. The molecule has 1 unspecified atom stereocenters. The molecule has 1 aliphatic rings. The van der Waals surface area contributed by atoms with Crippen molar-refractivity contribution in [3.63, 3.8) is 0 Å². The summed E-state index contributed by atoms with van der Waals surface area (Å²) in [6.07, 6.45) is 0.827. The second-order valence-electron chi connectivity index (χ2n) is 6.75. The number of rotatable bonds is 7. The van der Waals surface area contributed by atoms with Crippen LogP contribution >= 0.6 is 11.3 Å². The molecule has 28 heavy (non-hydrogen) atoms. The summed E-state index contributed by atoms with van der Waals surface area (Å²) in [7, 11) is 0. The standard InChI is InChI=1S/C21H26N2O4S/c1-3-15(2)22-19(24)14-27-21(25)18-13-17(16-7-5-4-6-8-16)20(28-18)23-9-11-26-12-10-23/h4-8,13,15H,3,9-12,14H2,1-2H3,(H,22,24). The van der Waals surface area contributed by atoms with Crippen molar-refractivity contribution < 1.29 is 19.1 Å². The summed E-state index contributed by atoms with van der Waals surface area (Å²) in [5.74, 6) is -0.753. The first kappa shape index (κ1) is 20.4. The van der Waals surface area contributed by atoms with Gasteiger partial charge in [0, 0.05) is 24.7 Å². The third kappa shape index (κ3) is 5.11. The molecule has 6 nitrogen and oxygen atoms in total. The molecule has 1 N–H and O–H groups in total. The molecule has 1 aliphatic heterocycles. The van der Waals surface area contributed by atoms with Gasteiger partial charge >= 0.3 is 5.97 Å². The van der Waals surface area contributed by atoms with E-state index in [1.165, 1.54) is 11.3 Å². The molecule has 1 saturated heterocycles. The van der Waals surface area contributed by atoms with Crippen LogP contribution in [0, 0.1) is 0 Å². The minimum absolute atomic E-state index is 0.0607. The number of thiophene rings is 1. The molecule has 2 aromatic rings. The van der Waals surface area contributed by atoms with Gasteiger partial charge in [-0.1, -0.05) is 37.3 Å². The largest absolute Gasteiger partial charge is 0.451 e. The average Bonchev–Trinajstić information content (AvgIpc) is 3.19. The highest BCUT2D eigenvalue weighted by atomic mass is 32.1. The Kier molecular flexibility index (Phi) is 7.06. The average molecular weight is 403 g/mol. The Morgan fingerprint density at radius 1 is 1.25 bits per heavy atom. The molecule has 0 saturated carbocycles. The maximum absolute atomic E-state index is 12.5. The first-order valence-electron chi connectivity index (χ1n) is 9.57. The van der Waals surface area contributed by atoms with E-state index >= 15 is 0 Å². The van der Waals surface area contributed by atoms with Gasteiger partial charge in [0.25, 0.3) is 5.91 Å². The van der Waals surface area contributed by atoms with Crippen molar-refractivity contribution in [3.05, 3.63) is 41.3 Å². The summed E-state index contributed by atoms with van der Waals surface area (Å²) in [6.45, 7) is 6.54. The number of benzene rings is 1. The molecule has 1 amide bonds. The van der Waals surface area contributed by atoms with Gasteiger partial charge in [-0.15, -0.1) is 11.3 Å². The lowest BCUT2D eigenvalue weighted by Gasteiger charge is -2.28. The first-order chi connectivity index (χ1) is 13.6. The molecule has 1 atom stereocenters. The predicted molar refractivity (Wildman–Crippen MR) is 111 cm³/mol. The Morgan fingerprint density at radius 3 is 2.64 bits per heavy atom. The Labute approximate surface area is 169 Å². The second-order valence-corrected chi connectivity index (χ2v) is 7.78. The third-order valence-corrected chi connectivity index (χ3v) is 5.83. The smallest absolute Gasteiger partial charge is 0.348 e. The van der Waals surface area contributed by atoms with E-state index in [2.05, 4.69) is 10.2 Å². The maximum Gasteiger partial charge on any atom is 0.348 e. The summed E-state index contributed by atoms with van der Waals surface area (Å²) in [5, 5.41) is 3.83. The second kappa shape index (κ2) is 9.71. The topological polar surface area (TPSA) is 67.9 Å². The van der Waals surface area contributed by atoms with Crippen LogP contribution in [-0.4, -0.2) is 50.8 Å². The fourth-order valence-electron chi connectivity index (χ4n) is 2.93. The molecular formula is C21H26N2O4S. The number of hydrogen-bond donors (Lipinski definition) is 1. The van der Waals surface area contributed by atoms with Crippen LogP contribution in [0.1, 0.15) is 29.9 Å². The third-order valence-electron chi connectivity index (χ3n) is 4.65. The molecule has 150 valence electrons. The van der Waals surface area contributed by atoms with Crippen molar-refractivity contribution >= 4 is 28.2 Å². The summed E-state index contributed by atoms with van der Waals surface area (Å²) < 4.78 is 10.7. The van der Waals surface area contributed by atoms with Gasteiger partial charge in [0.15, 0.2) is 6.61 Å². The molecule has 1 aromatic carbocycles. The molecule has 0 bridgehead atoms. The van der Waals surface area contributed by atoms with Gasteiger partial charge in [0.05, 0.1) is 18.2 Å². The molecule has 2 heterocycles. The van der Waals surface area contributed by atoms with Crippen LogP contribution in [0.15, 0.2) is 36.4 Å². The number of ether oxygens (including phenoxy) is 2. The molecule has 3 rings (SSSR count). The van der Waals surface area contributed by atoms with E-state index < -0.39 is 5.97 Å². The Hall–Kier alpha value is -2.38. The zero-order valence-electron chi connectivity index (χ0n) is 16.3. The summed E-state index contributed by atoms with van der Waals surface area (Å²) in [6, 6.07) is 11.9. The summed E-state index contributed by atoms with van der Waals surface area (Å²) >= 11 is 1.40. The van der Waals surface area contributed by atoms with Crippen LogP contribution in [0.3, 0.4) is 0 Å². The molecule has 0 spiro atoms. The van der Waals surface area contributed by atoms with Crippen LogP contribution in [0.2, 0.25) is 0 Å². The van der Waals surface area contributed by atoms with Gasteiger partial charge in [-0.3, -0.25) is 4.79 Å². The van der Waals surface area contributed by atoms with Crippen molar-refractivity contribution in [1.29, 1.82) is 0 Å². The van der Waals surface area contributed by atoms with Crippen LogP contribution in [-0.2, 0) is 14.3 Å². The highest BCUT2D eigenvalue weighted by Gasteiger charge is 2.23.